The van der Waals surface area contributed by atoms with Crippen molar-refractivity contribution < 1.29 is 28.0 Å². The number of hydrogen-bond donors (Lipinski definition) is 1. The molecular formula is C20H21F2N3O5. The van der Waals surface area contributed by atoms with Crippen LogP contribution in [0.1, 0.15) is 28.8 Å². The van der Waals surface area contributed by atoms with Gasteiger partial charge in [-0.15, -0.1) is 0 Å². The molecule has 2 aromatic carbocycles. The van der Waals surface area contributed by atoms with E-state index in [2.05, 4.69) is 15.0 Å². The van der Waals surface area contributed by atoms with Crippen molar-refractivity contribution >= 4 is 23.0 Å². The number of alkyl halides is 2. The van der Waals surface area contributed by atoms with Crippen LogP contribution < -0.4 is 19.7 Å². The number of nitro benzene ring substituents is 1. The zero-order valence-corrected chi connectivity index (χ0v) is 16.5. The number of nitro groups is 1. The number of carbonyl (C=O) groups is 1. The summed E-state index contributed by atoms with van der Waals surface area (Å²) in [5, 5.41) is 14.1. The molecule has 10 heteroatoms. The number of nitrogens with zero attached hydrogens (tertiary/aromatic N) is 2. The zero-order chi connectivity index (χ0) is 21.8. The number of benzene rings is 2. The van der Waals surface area contributed by atoms with E-state index in [9.17, 15) is 23.7 Å². The highest BCUT2D eigenvalue weighted by Gasteiger charge is 2.26. The summed E-state index contributed by atoms with van der Waals surface area (Å²) in [6.45, 7) is 0.577. The molecule has 1 aliphatic heterocycles. The Kier molecular flexibility index (Phi) is 6.34. The molecule has 0 radical (unpaired) electrons. The van der Waals surface area contributed by atoms with E-state index in [0.29, 0.717) is 5.69 Å². The predicted octanol–water partition coefficient (Wildman–Crippen LogP) is 4.37. The fourth-order valence-electron chi connectivity index (χ4n) is 3.38. The molecule has 1 amide bonds. The third-order valence-electron chi connectivity index (χ3n) is 4.87. The number of halogens is 2. The van der Waals surface area contributed by atoms with Crippen molar-refractivity contribution in [2.45, 2.75) is 26.4 Å². The standard InChI is InChI=1S/C20H21F2N3O5/c1-12-9-13(24-7-3-4-8-24)5-6-15(12)23-19(26)14-10-17(29-2)18(30-20(21)22)11-16(14)25(27)28/h5-6,9-11,20H,3-4,7-8H2,1-2H3,(H,23,26). The van der Waals surface area contributed by atoms with Crippen LogP contribution >= 0.6 is 0 Å². The number of carbonyl (C=O) groups excluding carboxylic acids is 1. The van der Waals surface area contributed by atoms with Gasteiger partial charge in [0.2, 0.25) is 0 Å². The summed E-state index contributed by atoms with van der Waals surface area (Å²) < 4.78 is 34.4. The molecule has 160 valence electrons. The van der Waals surface area contributed by atoms with E-state index in [1.807, 2.05) is 19.1 Å². The highest BCUT2D eigenvalue weighted by atomic mass is 19.3. The summed E-state index contributed by atoms with van der Waals surface area (Å²) >= 11 is 0. The average molecular weight is 421 g/mol. The van der Waals surface area contributed by atoms with Crippen LogP contribution in [-0.4, -0.2) is 37.6 Å². The fourth-order valence-corrected chi connectivity index (χ4v) is 3.38. The highest BCUT2D eigenvalue weighted by molar-refractivity contribution is 6.08. The summed E-state index contributed by atoms with van der Waals surface area (Å²) in [5.41, 5.74) is 1.32. The first-order chi connectivity index (χ1) is 14.3. The van der Waals surface area contributed by atoms with Gasteiger partial charge < -0.3 is 19.7 Å². The number of amides is 1. The van der Waals surface area contributed by atoms with E-state index in [1.165, 1.54) is 7.11 Å². The molecule has 1 fully saturated rings. The van der Waals surface area contributed by atoms with Gasteiger partial charge in [0.25, 0.3) is 11.6 Å². The monoisotopic (exact) mass is 421 g/mol. The molecular weight excluding hydrogens is 400 g/mol. The zero-order valence-electron chi connectivity index (χ0n) is 16.5. The Morgan fingerprint density at radius 3 is 2.47 bits per heavy atom. The van der Waals surface area contributed by atoms with Gasteiger partial charge in [0.15, 0.2) is 11.5 Å². The van der Waals surface area contributed by atoms with Gasteiger partial charge in [-0.2, -0.15) is 8.78 Å². The molecule has 0 saturated carbocycles. The van der Waals surface area contributed by atoms with Crippen LogP contribution in [-0.2, 0) is 0 Å². The van der Waals surface area contributed by atoms with Crippen molar-refractivity contribution in [3.05, 3.63) is 51.6 Å². The second kappa shape index (κ2) is 8.93. The fraction of sp³-hybridized carbons (Fsp3) is 0.350. The van der Waals surface area contributed by atoms with E-state index in [1.54, 1.807) is 6.07 Å². The first kappa shape index (κ1) is 21.3. The largest absolute Gasteiger partial charge is 0.493 e. The van der Waals surface area contributed by atoms with E-state index >= 15 is 0 Å². The normalized spacial score (nSPS) is 13.4. The van der Waals surface area contributed by atoms with Gasteiger partial charge in [0, 0.05) is 30.5 Å². The number of aryl methyl sites for hydroxylation is 1. The van der Waals surface area contributed by atoms with Crippen LogP contribution in [0.2, 0.25) is 0 Å². The van der Waals surface area contributed by atoms with Gasteiger partial charge in [-0.1, -0.05) is 0 Å². The lowest BCUT2D eigenvalue weighted by Crippen LogP contribution is -2.18. The summed E-state index contributed by atoms with van der Waals surface area (Å²) in [6, 6.07) is 7.32. The Bertz CT molecular complexity index is 962. The Labute approximate surface area is 171 Å². The maximum absolute atomic E-state index is 12.8. The van der Waals surface area contributed by atoms with E-state index in [4.69, 9.17) is 4.74 Å². The molecule has 0 aromatic heterocycles. The van der Waals surface area contributed by atoms with Crippen LogP contribution in [0, 0.1) is 17.0 Å². The van der Waals surface area contributed by atoms with Gasteiger partial charge in [-0.3, -0.25) is 14.9 Å². The molecule has 2 aromatic rings. The van der Waals surface area contributed by atoms with Crippen molar-refractivity contribution in [2.75, 3.05) is 30.4 Å². The molecule has 8 nitrogen and oxygen atoms in total. The summed E-state index contributed by atoms with van der Waals surface area (Å²) in [6.07, 6.45) is 2.27. The Hall–Kier alpha value is -3.43. The summed E-state index contributed by atoms with van der Waals surface area (Å²) in [7, 11) is 1.18. The maximum Gasteiger partial charge on any atom is 0.387 e. The number of hydrogen-bond acceptors (Lipinski definition) is 6. The molecule has 0 atom stereocenters. The first-order valence-corrected chi connectivity index (χ1v) is 9.28. The Morgan fingerprint density at radius 2 is 1.90 bits per heavy atom. The van der Waals surface area contributed by atoms with Gasteiger partial charge in [0.05, 0.1) is 18.1 Å². The number of methoxy groups -OCH3 is 1. The van der Waals surface area contributed by atoms with E-state index < -0.39 is 28.9 Å². The Morgan fingerprint density at radius 1 is 1.20 bits per heavy atom. The lowest BCUT2D eigenvalue weighted by molar-refractivity contribution is -0.385. The molecule has 1 N–H and O–H groups in total. The van der Waals surface area contributed by atoms with Gasteiger partial charge >= 0.3 is 6.61 Å². The maximum atomic E-state index is 12.8. The van der Waals surface area contributed by atoms with Crippen LogP contribution in [0.5, 0.6) is 11.5 Å². The summed E-state index contributed by atoms with van der Waals surface area (Å²) in [5.74, 6) is -1.50. The number of nitrogens with one attached hydrogen (secondary N) is 1. The van der Waals surface area contributed by atoms with Crippen LogP contribution in [0.3, 0.4) is 0 Å². The van der Waals surface area contributed by atoms with Crippen molar-refractivity contribution in [3.63, 3.8) is 0 Å². The van der Waals surface area contributed by atoms with Gasteiger partial charge in [-0.05, 0) is 43.5 Å². The molecule has 0 spiro atoms. The minimum atomic E-state index is -3.20. The smallest absolute Gasteiger partial charge is 0.387 e. The molecule has 0 unspecified atom stereocenters. The number of rotatable bonds is 7. The third kappa shape index (κ3) is 4.58. The second-order valence-electron chi connectivity index (χ2n) is 6.80. The molecule has 3 rings (SSSR count). The summed E-state index contributed by atoms with van der Waals surface area (Å²) in [4.78, 5) is 25.6. The predicted molar refractivity (Wildman–Crippen MR) is 107 cm³/mol. The highest BCUT2D eigenvalue weighted by Crippen LogP contribution is 2.36. The van der Waals surface area contributed by atoms with Crippen LogP contribution in [0.15, 0.2) is 30.3 Å². The molecule has 0 aliphatic carbocycles. The lowest BCUT2D eigenvalue weighted by Gasteiger charge is -2.19. The number of anilines is 2. The minimum absolute atomic E-state index is 0.216. The topological polar surface area (TPSA) is 93.9 Å². The lowest BCUT2D eigenvalue weighted by atomic mass is 10.1. The van der Waals surface area contributed by atoms with Gasteiger partial charge in [0.1, 0.15) is 5.56 Å². The number of ether oxygens (including phenoxy) is 2. The SMILES string of the molecule is COc1cc(C(=O)Nc2ccc(N3CCCC3)cc2C)c([N+](=O)[O-])cc1OC(F)F. The third-order valence-corrected chi connectivity index (χ3v) is 4.87. The molecule has 30 heavy (non-hydrogen) atoms. The molecule has 0 bridgehead atoms. The van der Waals surface area contributed by atoms with Crippen molar-refractivity contribution in [1.29, 1.82) is 0 Å². The average Bonchev–Trinajstić information content (AvgIpc) is 3.23. The van der Waals surface area contributed by atoms with Crippen molar-refractivity contribution in [3.8, 4) is 11.5 Å². The molecule has 1 saturated heterocycles. The van der Waals surface area contributed by atoms with Gasteiger partial charge in [-0.25, -0.2) is 0 Å². The minimum Gasteiger partial charge on any atom is -0.493 e. The van der Waals surface area contributed by atoms with Crippen LogP contribution in [0.4, 0.5) is 25.8 Å². The van der Waals surface area contributed by atoms with E-state index in [0.717, 1.165) is 49.3 Å². The van der Waals surface area contributed by atoms with Crippen molar-refractivity contribution in [2.24, 2.45) is 0 Å². The molecule has 1 heterocycles. The van der Waals surface area contributed by atoms with Crippen molar-refractivity contribution in [1.82, 2.24) is 0 Å². The quantitative estimate of drug-likeness (QED) is 0.527. The Balaban J connectivity index is 1.89. The molecule has 1 aliphatic rings. The van der Waals surface area contributed by atoms with E-state index in [-0.39, 0.29) is 11.3 Å². The second-order valence-corrected chi connectivity index (χ2v) is 6.80. The van der Waals surface area contributed by atoms with Crippen LogP contribution in [0.25, 0.3) is 0 Å². The first-order valence-electron chi connectivity index (χ1n) is 9.28.